The Morgan fingerprint density at radius 1 is 0.885 bits per heavy atom. The zero-order valence-corrected chi connectivity index (χ0v) is 14.6. The minimum Gasteiger partial charge on any atom is -0.253 e. The van der Waals surface area contributed by atoms with Crippen LogP contribution in [0.25, 0.3) is 22.6 Å². The fourth-order valence-electron chi connectivity index (χ4n) is 2.58. The first kappa shape index (κ1) is 16.1. The van der Waals surface area contributed by atoms with Crippen LogP contribution in [0.3, 0.4) is 0 Å². The minimum atomic E-state index is 0.419. The van der Waals surface area contributed by atoms with Gasteiger partial charge in [0, 0.05) is 6.20 Å². The Morgan fingerprint density at radius 3 is 2.35 bits per heavy atom. The second-order valence-corrected chi connectivity index (χ2v) is 6.00. The molecule has 0 saturated carbocycles. The van der Waals surface area contributed by atoms with Gasteiger partial charge in [-0.3, -0.25) is 4.98 Å². The van der Waals surface area contributed by atoms with Gasteiger partial charge in [0.2, 0.25) is 10.6 Å². The lowest BCUT2D eigenvalue weighted by molar-refractivity contribution is 0.867. The molecular weight excluding hydrogens is 342 g/mol. The predicted molar refractivity (Wildman–Crippen MR) is 106 cm³/mol. The summed E-state index contributed by atoms with van der Waals surface area (Å²) in [6.07, 6.45) is 3.47. The molecule has 0 aliphatic heterocycles. The van der Waals surface area contributed by atoms with Crippen LogP contribution in [0.4, 0.5) is 0 Å². The summed E-state index contributed by atoms with van der Waals surface area (Å²) in [5, 5.41) is 11.5. The number of benzene rings is 2. The molecule has 0 fully saturated rings. The van der Waals surface area contributed by atoms with E-state index in [1.807, 2.05) is 48.5 Å². The Balaban J connectivity index is 1.61. The second kappa shape index (κ2) is 7.25. The zero-order chi connectivity index (χ0) is 17.8. The lowest BCUT2D eigenvalue weighted by atomic mass is 10.0. The number of hydrogen-bond acceptors (Lipinski definition) is 4. The highest BCUT2D eigenvalue weighted by Gasteiger charge is 2.08. The summed E-state index contributed by atoms with van der Waals surface area (Å²) in [7, 11) is 0. The Bertz CT molecular complexity index is 1080. The van der Waals surface area contributed by atoms with Crippen molar-refractivity contribution in [1.82, 2.24) is 19.9 Å². The average Bonchev–Trinajstić information content (AvgIpc) is 3.08. The van der Waals surface area contributed by atoms with Crippen molar-refractivity contribution in [3.63, 3.8) is 0 Å². The van der Waals surface area contributed by atoms with Gasteiger partial charge in [0.1, 0.15) is 5.69 Å². The van der Waals surface area contributed by atoms with Gasteiger partial charge in [-0.05, 0) is 41.0 Å². The van der Waals surface area contributed by atoms with E-state index >= 15 is 0 Å². The van der Waals surface area contributed by atoms with E-state index in [4.69, 9.17) is 12.2 Å². The van der Waals surface area contributed by atoms with Crippen LogP contribution in [0, 0.1) is 4.77 Å². The standard InChI is InChI=1S/C20H15N5S/c26-20-24-23-19(18-8-4-5-13-21-18)25(20)22-14-15-9-11-17(12-10-15)16-6-2-1-3-7-16/h1-14H,(H,24,26). The van der Waals surface area contributed by atoms with Crippen LogP contribution in [0.5, 0.6) is 0 Å². The molecule has 126 valence electrons. The van der Waals surface area contributed by atoms with E-state index in [0.717, 1.165) is 11.1 Å². The van der Waals surface area contributed by atoms with Crippen LogP contribution in [0.15, 0.2) is 84.1 Å². The first-order valence-corrected chi connectivity index (χ1v) is 8.51. The number of pyridine rings is 1. The molecule has 6 heteroatoms. The number of nitrogens with one attached hydrogen (secondary N) is 1. The average molecular weight is 357 g/mol. The summed E-state index contributed by atoms with van der Waals surface area (Å²) in [5.74, 6) is 0.577. The van der Waals surface area contributed by atoms with Crippen LogP contribution in [-0.4, -0.2) is 26.1 Å². The normalized spacial score (nSPS) is 11.1. The van der Waals surface area contributed by atoms with Gasteiger partial charge in [0.25, 0.3) is 0 Å². The van der Waals surface area contributed by atoms with E-state index in [-0.39, 0.29) is 0 Å². The van der Waals surface area contributed by atoms with Crippen molar-refractivity contribution in [2.45, 2.75) is 0 Å². The molecule has 0 aliphatic carbocycles. The molecule has 2 aromatic heterocycles. The van der Waals surface area contributed by atoms with Crippen LogP contribution < -0.4 is 0 Å². The van der Waals surface area contributed by atoms with Gasteiger partial charge in [-0.15, -0.1) is 0 Å². The lowest BCUT2D eigenvalue weighted by Crippen LogP contribution is -1.96. The van der Waals surface area contributed by atoms with E-state index in [2.05, 4.69) is 44.5 Å². The number of hydrogen-bond donors (Lipinski definition) is 1. The van der Waals surface area contributed by atoms with Gasteiger partial charge in [-0.1, -0.05) is 60.7 Å². The zero-order valence-electron chi connectivity index (χ0n) is 13.8. The molecule has 0 spiro atoms. The number of aromatic nitrogens is 4. The summed E-state index contributed by atoms with van der Waals surface area (Å²) < 4.78 is 1.99. The van der Waals surface area contributed by atoms with Crippen molar-refractivity contribution < 1.29 is 0 Å². The van der Waals surface area contributed by atoms with Crippen LogP contribution >= 0.6 is 12.2 Å². The molecule has 4 rings (SSSR count). The summed E-state index contributed by atoms with van der Waals surface area (Å²) in [5.41, 5.74) is 4.03. The molecule has 0 aliphatic rings. The Kier molecular flexibility index (Phi) is 4.49. The highest BCUT2D eigenvalue weighted by atomic mass is 32.1. The minimum absolute atomic E-state index is 0.419. The quantitative estimate of drug-likeness (QED) is 0.430. The van der Waals surface area contributed by atoms with E-state index in [9.17, 15) is 0 Å². The molecule has 0 saturated heterocycles. The third-order valence-corrected chi connectivity index (χ3v) is 4.15. The Hall–Kier alpha value is -3.38. The second-order valence-electron chi connectivity index (χ2n) is 5.61. The van der Waals surface area contributed by atoms with Crippen molar-refractivity contribution in [2.75, 3.05) is 0 Å². The Labute approximate surface area is 155 Å². The lowest BCUT2D eigenvalue weighted by Gasteiger charge is -2.02. The molecule has 0 radical (unpaired) electrons. The van der Waals surface area contributed by atoms with Crippen LogP contribution in [0.2, 0.25) is 0 Å². The van der Waals surface area contributed by atoms with Crippen LogP contribution in [-0.2, 0) is 0 Å². The van der Waals surface area contributed by atoms with Gasteiger partial charge in [-0.25, -0.2) is 5.10 Å². The molecule has 2 heterocycles. The summed E-state index contributed by atoms with van der Waals surface area (Å²) in [4.78, 5) is 4.30. The summed E-state index contributed by atoms with van der Waals surface area (Å²) >= 11 is 5.28. The first-order chi connectivity index (χ1) is 12.8. The van der Waals surface area contributed by atoms with Crippen molar-refractivity contribution >= 4 is 18.4 Å². The molecule has 4 aromatic rings. The molecule has 0 amide bonds. The fraction of sp³-hybridized carbons (Fsp3) is 0. The van der Waals surface area contributed by atoms with Gasteiger partial charge >= 0.3 is 0 Å². The van der Waals surface area contributed by atoms with E-state index in [0.29, 0.717) is 16.3 Å². The van der Waals surface area contributed by atoms with Crippen molar-refractivity contribution in [3.8, 4) is 22.6 Å². The highest BCUT2D eigenvalue weighted by molar-refractivity contribution is 7.71. The molecule has 1 N–H and O–H groups in total. The van der Waals surface area contributed by atoms with Gasteiger partial charge in [0.05, 0.1) is 6.21 Å². The predicted octanol–water partition coefficient (Wildman–Crippen LogP) is 4.55. The van der Waals surface area contributed by atoms with Crippen molar-refractivity contribution in [1.29, 1.82) is 0 Å². The third kappa shape index (κ3) is 3.36. The number of nitrogens with zero attached hydrogens (tertiary/aromatic N) is 4. The van der Waals surface area contributed by atoms with Gasteiger partial charge in [-0.2, -0.15) is 14.9 Å². The first-order valence-electron chi connectivity index (χ1n) is 8.10. The van der Waals surface area contributed by atoms with E-state index in [1.54, 1.807) is 17.1 Å². The number of H-pyrrole nitrogens is 1. The maximum Gasteiger partial charge on any atom is 0.216 e. The molecular formula is C20H15N5S. The molecule has 0 atom stereocenters. The van der Waals surface area contributed by atoms with Crippen molar-refractivity contribution in [2.24, 2.45) is 5.10 Å². The highest BCUT2D eigenvalue weighted by Crippen LogP contribution is 2.19. The van der Waals surface area contributed by atoms with Crippen molar-refractivity contribution in [3.05, 3.63) is 89.3 Å². The summed E-state index contributed by atoms with van der Waals surface area (Å²) in [6.45, 7) is 0. The molecule has 0 bridgehead atoms. The van der Waals surface area contributed by atoms with Gasteiger partial charge < -0.3 is 0 Å². The SMILES string of the molecule is S=c1[nH]nc(-c2ccccn2)n1N=Cc1ccc(-c2ccccc2)cc1. The Morgan fingerprint density at radius 2 is 1.62 bits per heavy atom. The van der Waals surface area contributed by atoms with Gasteiger partial charge in [0.15, 0.2) is 0 Å². The molecule has 2 aromatic carbocycles. The monoisotopic (exact) mass is 357 g/mol. The van der Waals surface area contributed by atoms with E-state index < -0.39 is 0 Å². The smallest absolute Gasteiger partial charge is 0.216 e. The van der Waals surface area contributed by atoms with Crippen LogP contribution in [0.1, 0.15) is 5.56 Å². The topological polar surface area (TPSA) is 58.9 Å². The number of aromatic amines is 1. The largest absolute Gasteiger partial charge is 0.253 e. The third-order valence-electron chi connectivity index (χ3n) is 3.88. The molecule has 0 unspecified atom stereocenters. The maximum absolute atomic E-state index is 5.28. The molecule has 26 heavy (non-hydrogen) atoms. The van der Waals surface area contributed by atoms with E-state index in [1.165, 1.54) is 5.56 Å². The molecule has 5 nitrogen and oxygen atoms in total. The summed E-state index contributed by atoms with van der Waals surface area (Å²) in [6, 6.07) is 24.1. The fourth-order valence-corrected chi connectivity index (χ4v) is 2.76. The maximum atomic E-state index is 5.28. The number of rotatable bonds is 4.